The molecule has 0 saturated carbocycles. The average molecular weight is 396 g/mol. The number of nitrogens with one attached hydrogen (secondary N) is 1. The zero-order chi connectivity index (χ0) is 19.3. The Morgan fingerprint density at radius 3 is 2.50 bits per heavy atom. The number of benzene rings is 2. The first-order chi connectivity index (χ1) is 12.3. The fourth-order valence-electron chi connectivity index (χ4n) is 2.15. The lowest BCUT2D eigenvalue weighted by Gasteiger charge is -2.15. The van der Waals surface area contributed by atoms with Crippen LogP contribution in [0.5, 0.6) is 5.75 Å². The number of esters is 1. The number of carbonyl (C=O) groups is 2. The molecular weight excluding hydrogens is 377 g/mol. The molecule has 1 unspecified atom stereocenters. The van der Waals surface area contributed by atoms with E-state index in [0.29, 0.717) is 27.0 Å². The van der Waals surface area contributed by atoms with Gasteiger partial charge in [-0.3, -0.25) is 4.79 Å². The zero-order valence-electron chi connectivity index (χ0n) is 14.6. The van der Waals surface area contributed by atoms with Crippen LogP contribution in [0.4, 0.5) is 5.69 Å². The predicted octanol–water partition coefficient (Wildman–Crippen LogP) is 4.88. The first kappa shape index (κ1) is 20.1. The average Bonchev–Trinajstić information content (AvgIpc) is 2.60. The van der Waals surface area contributed by atoms with Crippen molar-refractivity contribution in [2.45, 2.75) is 26.9 Å². The van der Waals surface area contributed by atoms with Gasteiger partial charge in [0.15, 0.2) is 6.10 Å². The third-order valence-corrected chi connectivity index (χ3v) is 4.31. The molecule has 7 heteroatoms. The quantitative estimate of drug-likeness (QED) is 0.707. The molecule has 138 valence electrons. The Morgan fingerprint density at radius 1 is 1.12 bits per heavy atom. The topological polar surface area (TPSA) is 64.6 Å². The Hall–Kier alpha value is -2.24. The molecule has 26 heavy (non-hydrogen) atoms. The van der Waals surface area contributed by atoms with Crippen molar-refractivity contribution >= 4 is 40.8 Å². The maximum Gasteiger partial charge on any atom is 0.347 e. The summed E-state index contributed by atoms with van der Waals surface area (Å²) in [6, 6.07) is 9.81. The summed E-state index contributed by atoms with van der Waals surface area (Å²) in [6.07, 6.45) is -0.753. The summed E-state index contributed by atoms with van der Waals surface area (Å²) in [7, 11) is 0. The van der Waals surface area contributed by atoms with Gasteiger partial charge in [-0.15, -0.1) is 0 Å². The largest absolute Gasteiger partial charge is 0.479 e. The van der Waals surface area contributed by atoms with Crippen LogP contribution >= 0.6 is 23.2 Å². The van der Waals surface area contributed by atoms with Crippen LogP contribution in [0.1, 0.15) is 29.8 Å². The fraction of sp³-hybridized carbons (Fsp3) is 0.263. The van der Waals surface area contributed by atoms with E-state index in [9.17, 15) is 9.59 Å². The van der Waals surface area contributed by atoms with Crippen molar-refractivity contribution in [1.29, 1.82) is 0 Å². The summed E-state index contributed by atoms with van der Waals surface area (Å²) in [5.41, 5.74) is 1.79. The van der Waals surface area contributed by atoms with Crippen molar-refractivity contribution in [3.63, 3.8) is 0 Å². The molecule has 0 aliphatic carbocycles. The number of anilines is 1. The first-order valence-electron chi connectivity index (χ1n) is 8.02. The van der Waals surface area contributed by atoms with Gasteiger partial charge in [0.1, 0.15) is 5.75 Å². The zero-order valence-corrected chi connectivity index (χ0v) is 16.1. The molecule has 2 aromatic carbocycles. The molecule has 0 spiro atoms. The second-order valence-corrected chi connectivity index (χ2v) is 6.39. The number of aryl methyl sites for hydroxylation is 1. The number of amides is 1. The van der Waals surface area contributed by atoms with Crippen molar-refractivity contribution in [2.24, 2.45) is 0 Å². The molecule has 1 atom stereocenters. The highest BCUT2D eigenvalue weighted by Gasteiger charge is 2.17. The number of rotatable bonds is 6. The number of halogens is 2. The molecule has 0 fully saturated rings. The molecule has 0 radical (unpaired) electrons. The van der Waals surface area contributed by atoms with Gasteiger partial charge < -0.3 is 14.8 Å². The standard InChI is InChI=1S/C19H19Cl2NO4/c1-4-25-19(24)12(3)26-14-7-5-11(2)17(10-14)22-18(23)13-6-8-15(20)16(21)9-13/h5-10,12H,4H2,1-3H3,(H,22,23). The van der Waals surface area contributed by atoms with Gasteiger partial charge in [0, 0.05) is 17.3 Å². The van der Waals surface area contributed by atoms with Crippen LogP contribution in [0.15, 0.2) is 36.4 Å². The second kappa shape index (κ2) is 8.92. The molecule has 2 aromatic rings. The van der Waals surface area contributed by atoms with Crippen LogP contribution < -0.4 is 10.1 Å². The highest BCUT2D eigenvalue weighted by atomic mass is 35.5. The van der Waals surface area contributed by atoms with E-state index < -0.39 is 12.1 Å². The van der Waals surface area contributed by atoms with Crippen molar-refractivity contribution in [3.8, 4) is 5.75 Å². The molecule has 0 aliphatic rings. The van der Waals surface area contributed by atoms with E-state index in [1.165, 1.54) is 6.07 Å². The van der Waals surface area contributed by atoms with Crippen LogP contribution in [0.3, 0.4) is 0 Å². The highest BCUT2D eigenvalue weighted by Crippen LogP contribution is 2.26. The van der Waals surface area contributed by atoms with Gasteiger partial charge in [0.25, 0.3) is 5.91 Å². The van der Waals surface area contributed by atoms with Crippen LogP contribution in [0.25, 0.3) is 0 Å². The van der Waals surface area contributed by atoms with Crippen molar-refractivity contribution in [1.82, 2.24) is 0 Å². The van der Waals surface area contributed by atoms with Crippen molar-refractivity contribution < 1.29 is 19.1 Å². The molecule has 0 aromatic heterocycles. The van der Waals surface area contributed by atoms with Gasteiger partial charge in [-0.1, -0.05) is 29.3 Å². The van der Waals surface area contributed by atoms with E-state index in [1.807, 2.05) is 6.92 Å². The minimum atomic E-state index is -0.753. The van der Waals surface area contributed by atoms with Crippen molar-refractivity contribution in [3.05, 3.63) is 57.6 Å². The van der Waals surface area contributed by atoms with Gasteiger partial charge in [-0.25, -0.2) is 4.79 Å². The monoisotopic (exact) mass is 395 g/mol. The second-order valence-electron chi connectivity index (χ2n) is 5.57. The summed E-state index contributed by atoms with van der Waals surface area (Å²) >= 11 is 11.8. The van der Waals surface area contributed by atoms with E-state index in [4.69, 9.17) is 32.7 Å². The fourth-order valence-corrected chi connectivity index (χ4v) is 2.45. The lowest BCUT2D eigenvalue weighted by Crippen LogP contribution is -2.26. The number of hydrogen-bond donors (Lipinski definition) is 1. The van der Waals surface area contributed by atoms with Gasteiger partial charge in [0.05, 0.1) is 16.7 Å². The molecule has 1 amide bonds. The lowest BCUT2D eigenvalue weighted by atomic mass is 10.1. The normalized spacial score (nSPS) is 11.6. The Labute approximate surface area is 162 Å². The summed E-state index contributed by atoms with van der Waals surface area (Å²) in [6.45, 7) is 5.47. The van der Waals surface area contributed by atoms with Crippen LogP contribution in [0, 0.1) is 6.92 Å². The minimum Gasteiger partial charge on any atom is -0.479 e. The summed E-state index contributed by atoms with van der Waals surface area (Å²) in [4.78, 5) is 24.1. The number of ether oxygens (including phenoxy) is 2. The molecule has 0 bridgehead atoms. The van der Waals surface area contributed by atoms with E-state index >= 15 is 0 Å². The van der Waals surface area contributed by atoms with E-state index in [1.54, 1.807) is 44.2 Å². The van der Waals surface area contributed by atoms with E-state index in [-0.39, 0.29) is 12.5 Å². The Kier molecular flexibility index (Phi) is 6.89. The molecule has 2 rings (SSSR count). The SMILES string of the molecule is CCOC(=O)C(C)Oc1ccc(C)c(NC(=O)c2ccc(Cl)c(Cl)c2)c1. The number of carbonyl (C=O) groups excluding carboxylic acids is 2. The Balaban J connectivity index is 2.15. The Morgan fingerprint density at radius 2 is 1.85 bits per heavy atom. The maximum atomic E-state index is 12.4. The third-order valence-electron chi connectivity index (χ3n) is 3.57. The highest BCUT2D eigenvalue weighted by molar-refractivity contribution is 6.42. The molecule has 0 aliphatic heterocycles. The van der Waals surface area contributed by atoms with Crippen molar-refractivity contribution in [2.75, 3.05) is 11.9 Å². The number of hydrogen-bond acceptors (Lipinski definition) is 4. The smallest absolute Gasteiger partial charge is 0.347 e. The molecule has 1 N–H and O–H groups in total. The van der Waals surface area contributed by atoms with Gasteiger partial charge >= 0.3 is 5.97 Å². The van der Waals surface area contributed by atoms with Crippen LogP contribution in [-0.2, 0) is 9.53 Å². The minimum absolute atomic E-state index is 0.283. The summed E-state index contributed by atoms with van der Waals surface area (Å²) in [5.74, 6) is -0.336. The molecule has 0 heterocycles. The van der Waals surface area contributed by atoms with E-state index in [2.05, 4.69) is 5.32 Å². The van der Waals surface area contributed by atoms with E-state index in [0.717, 1.165) is 5.56 Å². The Bertz CT molecular complexity index is 823. The summed E-state index contributed by atoms with van der Waals surface area (Å²) in [5, 5.41) is 3.48. The van der Waals surface area contributed by atoms with Crippen LogP contribution in [0.2, 0.25) is 10.0 Å². The molecular formula is C19H19Cl2NO4. The third kappa shape index (κ3) is 5.13. The van der Waals surface area contributed by atoms with Gasteiger partial charge in [0.2, 0.25) is 0 Å². The summed E-state index contributed by atoms with van der Waals surface area (Å²) < 4.78 is 10.5. The first-order valence-corrected chi connectivity index (χ1v) is 8.77. The maximum absolute atomic E-state index is 12.4. The predicted molar refractivity (Wildman–Crippen MR) is 102 cm³/mol. The van der Waals surface area contributed by atoms with Gasteiger partial charge in [-0.2, -0.15) is 0 Å². The lowest BCUT2D eigenvalue weighted by molar-refractivity contribution is -0.150. The molecule has 5 nitrogen and oxygen atoms in total. The van der Waals surface area contributed by atoms with Crippen LogP contribution in [-0.4, -0.2) is 24.6 Å². The molecule has 0 saturated heterocycles. The van der Waals surface area contributed by atoms with Gasteiger partial charge in [-0.05, 0) is 50.6 Å².